The number of carbonyl (C=O) groups is 1. The van der Waals surface area contributed by atoms with E-state index in [0.29, 0.717) is 22.8 Å². The number of nitrogens with one attached hydrogen (secondary N) is 1. The number of anilines is 1. The maximum Gasteiger partial charge on any atom is 0.265 e. The molecule has 0 spiro atoms. The van der Waals surface area contributed by atoms with Crippen LogP contribution in [0.4, 0.5) is 5.69 Å². The molecule has 1 N–H and O–H groups in total. The van der Waals surface area contributed by atoms with E-state index in [0.717, 1.165) is 21.9 Å². The van der Waals surface area contributed by atoms with Crippen LogP contribution in [0.15, 0.2) is 65.1 Å². The molecular weight excluding hydrogens is 354 g/mol. The molecule has 1 unspecified atom stereocenters. The van der Waals surface area contributed by atoms with Crippen molar-refractivity contribution < 1.29 is 18.7 Å². The van der Waals surface area contributed by atoms with Crippen LogP contribution in [0.1, 0.15) is 12.5 Å². The van der Waals surface area contributed by atoms with Crippen molar-refractivity contribution in [3.63, 3.8) is 0 Å². The lowest BCUT2D eigenvalue weighted by Gasteiger charge is -2.16. The Morgan fingerprint density at radius 2 is 1.82 bits per heavy atom. The smallest absolute Gasteiger partial charge is 0.265 e. The number of methoxy groups -OCH3 is 1. The van der Waals surface area contributed by atoms with Gasteiger partial charge in [0.05, 0.1) is 12.8 Å². The van der Waals surface area contributed by atoms with Crippen molar-refractivity contribution in [2.45, 2.75) is 20.0 Å². The summed E-state index contributed by atoms with van der Waals surface area (Å²) in [7, 11) is 1.58. The van der Waals surface area contributed by atoms with Crippen LogP contribution in [0.3, 0.4) is 0 Å². The molecule has 3 aromatic carbocycles. The second-order valence-corrected chi connectivity index (χ2v) is 6.71. The minimum Gasteiger partial charge on any atom is -0.495 e. The Morgan fingerprint density at radius 1 is 1.00 bits per heavy atom. The molecule has 28 heavy (non-hydrogen) atoms. The molecule has 0 aliphatic rings. The Bertz CT molecular complexity index is 1160. The van der Waals surface area contributed by atoms with Crippen LogP contribution >= 0.6 is 0 Å². The summed E-state index contributed by atoms with van der Waals surface area (Å²) >= 11 is 0. The van der Waals surface area contributed by atoms with Gasteiger partial charge in [0.15, 0.2) is 6.10 Å². The highest BCUT2D eigenvalue weighted by molar-refractivity contribution is 6.08. The summed E-state index contributed by atoms with van der Waals surface area (Å²) in [5.41, 5.74) is 3.09. The lowest BCUT2D eigenvalue weighted by Crippen LogP contribution is -2.30. The summed E-state index contributed by atoms with van der Waals surface area (Å²) in [5.74, 6) is 0.952. The van der Waals surface area contributed by atoms with Crippen LogP contribution in [-0.2, 0) is 4.79 Å². The van der Waals surface area contributed by atoms with Crippen molar-refractivity contribution in [3.05, 3.63) is 66.2 Å². The Labute approximate surface area is 162 Å². The van der Waals surface area contributed by atoms with Gasteiger partial charge in [-0.05, 0) is 43.7 Å². The molecule has 1 heterocycles. The molecule has 1 aromatic heterocycles. The molecular formula is C23H21NO4. The van der Waals surface area contributed by atoms with E-state index in [9.17, 15) is 4.79 Å². The Balaban J connectivity index is 1.61. The summed E-state index contributed by atoms with van der Waals surface area (Å²) in [4.78, 5) is 12.7. The molecule has 4 aromatic rings. The largest absolute Gasteiger partial charge is 0.495 e. The van der Waals surface area contributed by atoms with Crippen LogP contribution in [-0.4, -0.2) is 19.1 Å². The highest BCUT2D eigenvalue weighted by Crippen LogP contribution is 2.36. The summed E-state index contributed by atoms with van der Waals surface area (Å²) in [6, 6.07) is 19.1. The molecule has 5 nitrogen and oxygen atoms in total. The highest BCUT2D eigenvalue weighted by atomic mass is 16.5. The highest BCUT2D eigenvalue weighted by Gasteiger charge is 2.19. The quantitative estimate of drug-likeness (QED) is 0.514. The number of fused-ring (bicyclic) bond motifs is 3. The van der Waals surface area contributed by atoms with Gasteiger partial charge in [-0.1, -0.05) is 30.3 Å². The molecule has 1 amide bonds. The third kappa shape index (κ3) is 3.39. The number of amides is 1. The van der Waals surface area contributed by atoms with Gasteiger partial charge in [-0.2, -0.15) is 0 Å². The van der Waals surface area contributed by atoms with Crippen molar-refractivity contribution in [3.8, 4) is 11.5 Å². The van der Waals surface area contributed by atoms with Crippen LogP contribution in [0.25, 0.3) is 21.9 Å². The van der Waals surface area contributed by atoms with E-state index >= 15 is 0 Å². The Hall–Kier alpha value is -3.47. The first-order chi connectivity index (χ1) is 13.5. The number of aryl methyl sites for hydroxylation is 1. The Morgan fingerprint density at radius 3 is 2.61 bits per heavy atom. The molecule has 0 aliphatic carbocycles. The average Bonchev–Trinajstić information content (AvgIpc) is 3.04. The van der Waals surface area contributed by atoms with Crippen LogP contribution < -0.4 is 14.8 Å². The molecule has 4 rings (SSSR count). The van der Waals surface area contributed by atoms with Gasteiger partial charge in [0.1, 0.15) is 22.7 Å². The Kier molecular flexibility index (Phi) is 4.65. The molecule has 0 bridgehead atoms. The van der Waals surface area contributed by atoms with Crippen molar-refractivity contribution >= 4 is 33.5 Å². The second kappa shape index (κ2) is 7.27. The van der Waals surface area contributed by atoms with Gasteiger partial charge >= 0.3 is 0 Å². The molecule has 0 radical (unpaired) electrons. The fourth-order valence-corrected chi connectivity index (χ4v) is 3.20. The van der Waals surface area contributed by atoms with E-state index in [1.165, 1.54) is 0 Å². The van der Waals surface area contributed by atoms with Crippen molar-refractivity contribution in [1.82, 2.24) is 0 Å². The van der Waals surface area contributed by atoms with Gasteiger partial charge in [-0.15, -0.1) is 0 Å². The first-order valence-corrected chi connectivity index (χ1v) is 9.08. The van der Waals surface area contributed by atoms with E-state index in [-0.39, 0.29) is 5.91 Å². The van der Waals surface area contributed by atoms with Crippen LogP contribution in [0.2, 0.25) is 0 Å². The lowest BCUT2D eigenvalue weighted by molar-refractivity contribution is -0.122. The van der Waals surface area contributed by atoms with Gasteiger partial charge in [0.2, 0.25) is 0 Å². The molecule has 0 aliphatic heterocycles. The molecule has 142 valence electrons. The SMILES string of the molecule is COc1cc2c(cc1NC(=O)C(C)Oc1cccc(C)c1)oc1ccccc12. The first-order valence-electron chi connectivity index (χ1n) is 9.08. The monoisotopic (exact) mass is 375 g/mol. The van der Waals surface area contributed by atoms with E-state index in [1.807, 2.05) is 61.5 Å². The van der Waals surface area contributed by atoms with E-state index in [2.05, 4.69) is 5.32 Å². The van der Waals surface area contributed by atoms with Gasteiger partial charge in [-0.25, -0.2) is 0 Å². The van der Waals surface area contributed by atoms with E-state index in [4.69, 9.17) is 13.9 Å². The molecule has 1 atom stereocenters. The number of benzene rings is 3. The number of hydrogen-bond donors (Lipinski definition) is 1. The standard InChI is InChI=1S/C23H21NO4/c1-14-7-6-8-16(11-14)27-15(2)23(25)24-19-13-21-18(12-22(19)26-3)17-9-4-5-10-20(17)28-21/h4-13,15H,1-3H3,(H,24,25). The van der Waals surface area contributed by atoms with Gasteiger partial charge < -0.3 is 19.2 Å². The average molecular weight is 375 g/mol. The van der Waals surface area contributed by atoms with Gasteiger partial charge in [0, 0.05) is 16.8 Å². The molecule has 0 saturated heterocycles. The summed E-state index contributed by atoms with van der Waals surface area (Å²) in [6.07, 6.45) is -0.669. The lowest BCUT2D eigenvalue weighted by atomic mass is 10.1. The topological polar surface area (TPSA) is 60.7 Å². The maximum atomic E-state index is 12.7. The van der Waals surface area contributed by atoms with E-state index < -0.39 is 6.10 Å². The minimum absolute atomic E-state index is 0.268. The zero-order valence-corrected chi connectivity index (χ0v) is 16.0. The van der Waals surface area contributed by atoms with Crippen molar-refractivity contribution in [1.29, 1.82) is 0 Å². The van der Waals surface area contributed by atoms with Gasteiger partial charge in [0.25, 0.3) is 5.91 Å². The predicted octanol–water partition coefficient (Wildman–Crippen LogP) is 5.31. The predicted molar refractivity (Wildman–Crippen MR) is 110 cm³/mol. The van der Waals surface area contributed by atoms with Crippen molar-refractivity contribution in [2.75, 3.05) is 12.4 Å². The number of rotatable bonds is 5. The second-order valence-electron chi connectivity index (χ2n) is 6.71. The number of carbonyl (C=O) groups excluding carboxylic acids is 1. The first kappa shape index (κ1) is 17.9. The number of ether oxygens (including phenoxy) is 2. The summed E-state index contributed by atoms with van der Waals surface area (Å²) < 4.78 is 17.2. The number of hydrogen-bond acceptors (Lipinski definition) is 4. The summed E-state index contributed by atoms with van der Waals surface area (Å²) in [5, 5.41) is 4.83. The number of para-hydroxylation sites is 1. The van der Waals surface area contributed by atoms with E-state index in [1.54, 1.807) is 20.1 Å². The third-order valence-corrected chi connectivity index (χ3v) is 4.63. The fourth-order valence-electron chi connectivity index (χ4n) is 3.20. The van der Waals surface area contributed by atoms with Gasteiger partial charge in [-0.3, -0.25) is 4.79 Å². The summed E-state index contributed by atoms with van der Waals surface area (Å²) in [6.45, 7) is 3.69. The third-order valence-electron chi connectivity index (χ3n) is 4.63. The van der Waals surface area contributed by atoms with Crippen LogP contribution in [0, 0.1) is 6.92 Å². The zero-order valence-electron chi connectivity index (χ0n) is 16.0. The molecule has 0 saturated carbocycles. The van der Waals surface area contributed by atoms with Crippen LogP contribution in [0.5, 0.6) is 11.5 Å². The normalized spacial score (nSPS) is 12.1. The maximum absolute atomic E-state index is 12.7. The fraction of sp³-hybridized carbons (Fsp3) is 0.174. The number of furan rings is 1. The minimum atomic E-state index is -0.669. The molecule has 5 heteroatoms. The zero-order chi connectivity index (χ0) is 19.7. The van der Waals surface area contributed by atoms with Crippen molar-refractivity contribution in [2.24, 2.45) is 0 Å². The molecule has 0 fully saturated rings.